The third kappa shape index (κ3) is 3.60. The van der Waals surface area contributed by atoms with Gasteiger partial charge in [0, 0.05) is 19.0 Å². The summed E-state index contributed by atoms with van der Waals surface area (Å²) in [5, 5.41) is 11.2. The predicted molar refractivity (Wildman–Crippen MR) is 96.2 cm³/mol. The van der Waals surface area contributed by atoms with Gasteiger partial charge in [0.25, 0.3) is 5.91 Å². The predicted octanol–water partition coefficient (Wildman–Crippen LogP) is 2.45. The first-order chi connectivity index (χ1) is 12.2. The van der Waals surface area contributed by atoms with Crippen molar-refractivity contribution in [1.29, 1.82) is 0 Å². The highest BCUT2D eigenvalue weighted by Gasteiger charge is 2.32. The number of nitrogens with one attached hydrogen (secondary N) is 2. The van der Waals surface area contributed by atoms with Gasteiger partial charge in [0.15, 0.2) is 0 Å². The van der Waals surface area contributed by atoms with Crippen molar-refractivity contribution in [3.8, 4) is 5.69 Å². The van der Waals surface area contributed by atoms with Crippen molar-refractivity contribution in [2.24, 2.45) is 0 Å². The Morgan fingerprint density at radius 2 is 2.20 bits per heavy atom. The van der Waals surface area contributed by atoms with Crippen LogP contribution in [0.5, 0.6) is 0 Å². The lowest BCUT2D eigenvalue weighted by Gasteiger charge is -2.13. The van der Waals surface area contributed by atoms with Crippen molar-refractivity contribution >= 4 is 17.5 Å². The SMILES string of the molecule is O=C(NCC1=CCNCC1)c1nc(C2CC2)n(-c2ccccc2Cl)n1. The molecule has 1 aromatic carbocycles. The molecule has 7 heteroatoms. The molecule has 0 unspecified atom stereocenters. The molecule has 1 fully saturated rings. The van der Waals surface area contributed by atoms with Gasteiger partial charge in [-0.1, -0.05) is 35.4 Å². The number of hydrogen-bond acceptors (Lipinski definition) is 4. The third-order valence-corrected chi connectivity index (χ3v) is 4.81. The van der Waals surface area contributed by atoms with Crippen LogP contribution in [0.2, 0.25) is 5.02 Å². The van der Waals surface area contributed by atoms with Gasteiger partial charge in [-0.05, 0) is 37.9 Å². The van der Waals surface area contributed by atoms with Gasteiger partial charge in [-0.15, -0.1) is 5.10 Å². The van der Waals surface area contributed by atoms with E-state index < -0.39 is 0 Å². The molecule has 25 heavy (non-hydrogen) atoms. The number of nitrogens with zero attached hydrogens (tertiary/aromatic N) is 3. The number of para-hydroxylation sites is 1. The molecular formula is C18H20ClN5O. The molecule has 130 valence electrons. The third-order valence-electron chi connectivity index (χ3n) is 4.49. The van der Waals surface area contributed by atoms with Crippen LogP contribution in [0.3, 0.4) is 0 Å². The van der Waals surface area contributed by atoms with E-state index in [-0.39, 0.29) is 11.7 Å². The summed E-state index contributed by atoms with van der Waals surface area (Å²) in [6.45, 7) is 2.35. The molecule has 0 spiro atoms. The first-order valence-corrected chi connectivity index (χ1v) is 8.99. The highest BCUT2D eigenvalue weighted by Crippen LogP contribution is 2.40. The van der Waals surface area contributed by atoms with Gasteiger partial charge < -0.3 is 10.6 Å². The Hall–Kier alpha value is -2.18. The second-order valence-corrected chi connectivity index (χ2v) is 6.84. The number of carbonyl (C=O) groups is 1. The van der Waals surface area contributed by atoms with Gasteiger partial charge >= 0.3 is 0 Å². The largest absolute Gasteiger partial charge is 0.346 e. The zero-order valence-corrected chi connectivity index (χ0v) is 14.6. The van der Waals surface area contributed by atoms with Crippen molar-refractivity contribution in [2.45, 2.75) is 25.2 Å². The Kier molecular flexibility index (Phi) is 4.55. The number of hydrogen-bond donors (Lipinski definition) is 2. The average molecular weight is 358 g/mol. The first kappa shape index (κ1) is 16.3. The van der Waals surface area contributed by atoms with E-state index in [2.05, 4.69) is 26.8 Å². The monoisotopic (exact) mass is 357 g/mol. The minimum Gasteiger partial charge on any atom is -0.346 e. The first-order valence-electron chi connectivity index (χ1n) is 8.61. The highest BCUT2D eigenvalue weighted by molar-refractivity contribution is 6.32. The molecule has 0 bridgehead atoms. The van der Waals surface area contributed by atoms with E-state index in [0.717, 1.165) is 43.9 Å². The molecule has 2 aliphatic rings. The smallest absolute Gasteiger partial charge is 0.291 e. The average Bonchev–Trinajstić information content (AvgIpc) is 3.40. The maximum Gasteiger partial charge on any atom is 0.291 e. The number of aromatic nitrogens is 3. The zero-order valence-electron chi connectivity index (χ0n) is 13.8. The Labute approximate surface area is 151 Å². The molecule has 2 aromatic rings. The fourth-order valence-corrected chi connectivity index (χ4v) is 3.15. The summed E-state index contributed by atoms with van der Waals surface area (Å²) in [4.78, 5) is 17.0. The minimum atomic E-state index is -0.243. The molecule has 6 nitrogen and oxygen atoms in total. The molecule has 1 saturated carbocycles. The van der Waals surface area contributed by atoms with Crippen molar-refractivity contribution in [2.75, 3.05) is 19.6 Å². The fraction of sp³-hybridized carbons (Fsp3) is 0.389. The molecule has 0 saturated heterocycles. The molecule has 0 atom stereocenters. The molecule has 1 aromatic heterocycles. The van der Waals surface area contributed by atoms with Gasteiger partial charge in [0.05, 0.1) is 10.7 Å². The van der Waals surface area contributed by atoms with Crippen LogP contribution in [0, 0.1) is 0 Å². The second kappa shape index (κ2) is 6.98. The molecule has 1 amide bonds. The van der Waals surface area contributed by atoms with E-state index >= 15 is 0 Å². The molecule has 0 radical (unpaired) electrons. The van der Waals surface area contributed by atoms with Gasteiger partial charge in [0.2, 0.25) is 5.82 Å². The standard InChI is InChI=1S/C18H20ClN5O/c19-14-3-1-2-4-15(14)24-17(13-5-6-13)22-16(23-24)18(25)21-11-12-7-9-20-10-8-12/h1-4,7,13,20H,5-6,8-11H2,(H,21,25). The van der Waals surface area contributed by atoms with E-state index in [1.54, 1.807) is 4.68 Å². The van der Waals surface area contributed by atoms with Crippen molar-refractivity contribution in [3.63, 3.8) is 0 Å². The van der Waals surface area contributed by atoms with Crippen LogP contribution in [0.15, 0.2) is 35.9 Å². The summed E-state index contributed by atoms with van der Waals surface area (Å²) in [6.07, 6.45) is 5.22. The van der Waals surface area contributed by atoms with Crippen molar-refractivity contribution in [3.05, 3.63) is 52.6 Å². The number of rotatable bonds is 5. The van der Waals surface area contributed by atoms with E-state index in [9.17, 15) is 4.79 Å². The number of amides is 1. The van der Waals surface area contributed by atoms with Gasteiger partial charge in [0.1, 0.15) is 5.82 Å². The molecule has 2 heterocycles. The molecule has 4 rings (SSSR count). The van der Waals surface area contributed by atoms with E-state index in [1.165, 1.54) is 5.57 Å². The summed E-state index contributed by atoms with van der Waals surface area (Å²) in [6, 6.07) is 7.49. The maximum absolute atomic E-state index is 12.5. The highest BCUT2D eigenvalue weighted by atomic mass is 35.5. The van der Waals surface area contributed by atoms with Gasteiger partial charge in [-0.25, -0.2) is 9.67 Å². The van der Waals surface area contributed by atoms with E-state index in [0.29, 0.717) is 17.5 Å². The lowest BCUT2D eigenvalue weighted by molar-refractivity contribution is 0.0946. The Morgan fingerprint density at radius 3 is 2.92 bits per heavy atom. The molecule has 1 aliphatic heterocycles. The Balaban J connectivity index is 1.56. The molecule has 1 aliphatic carbocycles. The van der Waals surface area contributed by atoms with Crippen LogP contribution in [0.25, 0.3) is 5.69 Å². The van der Waals surface area contributed by atoms with E-state index in [4.69, 9.17) is 11.6 Å². The van der Waals surface area contributed by atoms with Crippen LogP contribution in [-0.4, -0.2) is 40.3 Å². The van der Waals surface area contributed by atoms with Crippen molar-refractivity contribution < 1.29 is 4.79 Å². The summed E-state index contributed by atoms with van der Waals surface area (Å²) >= 11 is 6.30. The summed E-state index contributed by atoms with van der Waals surface area (Å²) in [5.41, 5.74) is 2.00. The van der Waals surface area contributed by atoms with Crippen LogP contribution in [-0.2, 0) is 0 Å². The normalized spacial score (nSPS) is 17.2. The number of halogens is 1. The quantitative estimate of drug-likeness (QED) is 0.806. The topological polar surface area (TPSA) is 71.8 Å². The van der Waals surface area contributed by atoms with Gasteiger partial charge in [-0.3, -0.25) is 4.79 Å². The second-order valence-electron chi connectivity index (χ2n) is 6.43. The lowest BCUT2D eigenvalue weighted by Crippen LogP contribution is -2.30. The van der Waals surface area contributed by atoms with Crippen LogP contribution in [0.4, 0.5) is 0 Å². The zero-order chi connectivity index (χ0) is 17.2. The molecular weight excluding hydrogens is 338 g/mol. The minimum absolute atomic E-state index is 0.205. The summed E-state index contributed by atoms with van der Waals surface area (Å²) < 4.78 is 1.72. The maximum atomic E-state index is 12.5. The van der Waals surface area contributed by atoms with Crippen LogP contribution >= 0.6 is 11.6 Å². The van der Waals surface area contributed by atoms with E-state index in [1.807, 2.05) is 24.3 Å². The Morgan fingerprint density at radius 1 is 1.36 bits per heavy atom. The van der Waals surface area contributed by atoms with Gasteiger partial charge in [-0.2, -0.15) is 0 Å². The van der Waals surface area contributed by atoms with Crippen LogP contribution in [0.1, 0.15) is 41.6 Å². The number of benzene rings is 1. The Bertz CT molecular complexity index is 825. The number of carbonyl (C=O) groups excluding carboxylic acids is 1. The lowest BCUT2D eigenvalue weighted by atomic mass is 10.1. The summed E-state index contributed by atoms with van der Waals surface area (Å²) in [5.74, 6) is 1.14. The van der Waals surface area contributed by atoms with Crippen LogP contribution < -0.4 is 10.6 Å². The fourth-order valence-electron chi connectivity index (χ4n) is 2.93. The molecule has 2 N–H and O–H groups in total. The van der Waals surface area contributed by atoms with Crippen molar-refractivity contribution in [1.82, 2.24) is 25.4 Å². The summed E-state index contributed by atoms with van der Waals surface area (Å²) in [7, 11) is 0.